The van der Waals surface area contributed by atoms with E-state index in [0.29, 0.717) is 0 Å². The molecular formula is C27H16O. The summed E-state index contributed by atoms with van der Waals surface area (Å²) in [4.78, 5) is 0. The summed E-state index contributed by atoms with van der Waals surface area (Å²) in [6, 6.07) is 30.5. The van der Waals surface area contributed by atoms with E-state index in [1.165, 1.54) is 54.6 Å². The van der Waals surface area contributed by atoms with Crippen LogP contribution in [0.3, 0.4) is 0 Å². The molecule has 1 heterocycles. The Bertz CT molecular complexity index is 1580. The quantitative estimate of drug-likeness (QED) is 0.257. The summed E-state index contributed by atoms with van der Waals surface area (Å²) in [6.07, 6.45) is 0.971. The fourth-order valence-corrected chi connectivity index (χ4v) is 5.12. The van der Waals surface area contributed by atoms with Gasteiger partial charge in [-0.1, -0.05) is 78.9 Å². The van der Waals surface area contributed by atoms with E-state index in [4.69, 9.17) is 4.42 Å². The number of hydrogen-bond acceptors (Lipinski definition) is 1. The van der Waals surface area contributed by atoms with Gasteiger partial charge < -0.3 is 4.42 Å². The van der Waals surface area contributed by atoms with E-state index in [1.54, 1.807) is 0 Å². The second-order valence-corrected chi connectivity index (χ2v) is 7.70. The molecular weight excluding hydrogens is 340 g/mol. The zero-order valence-corrected chi connectivity index (χ0v) is 15.2. The first kappa shape index (κ1) is 14.5. The Hall–Kier alpha value is -3.58. The molecule has 28 heavy (non-hydrogen) atoms. The molecule has 1 aliphatic rings. The van der Waals surface area contributed by atoms with Gasteiger partial charge in [0.25, 0.3) is 0 Å². The third kappa shape index (κ3) is 1.67. The van der Waals surface area contributed by atoms with Gasteiger partial charge in [0.05, 0.1) is 0 Å². The molecule has 0 aliphatic heterocycles. The van der Waals surface area contributed by atoms with Crippen LogP contribution in [-0.4, -0.2) is 0 Å². The van der Waals surface area contributed by atoms with Crippen molar-refractivity contribution in [3.63, 3.8) is 0 Å². The lowest BCUT2D eigenvalue weighted by atomic mass is 9.94. The molecule has 130 valence electrons. The highest BCUT2D eigenvalue weighted by atomic mass is 16.3. The molecule has 7 rings (SSSR count). The van der Waals surface area contributed by atoms with E-state index in [9.17, 15) is 0 Å². The lowest BCUT2D eigenvalue weighted by molar-refractivity contribution is 0.673. The number of furan rings is 1. The van der Waals surface area contributed by atoms with Crippen molar-refractivity contribution in [2.45, 2.75) is 6.42 Å². The molecule has 0 radical (unpaired) electrons. The molecule has 0 amide bonds. The van der Waals surface area contributed by atoms with Crippen molar-refractivity contribution in [3.8, 4) is 11.1 Å². The van der Waals surface area contributed by atoms with Crippen LogP contribution in [0, 0.1) is 0 Å². The summed E-state index contributed by atoms with van der Waals surface area (Å²) in [5.74, 6) is 0. The van der Waals surface area contributed by atoms with E-state index in [0.717, 1.165) is 17.6 Å². The topological polar surface area (TPSA) is 13.1 Å². The Morgan fingerprint density at radius 3 is 2.07 bits per heavy atom. The fourth-order valence-electron chi connectivity index (χ4n) is 5.12. The van der Waals surface area contributed by atoms with Crippen LogP contribution in [0.15, 0.2) is 89.3 Å². The van der Waals surface area contributed by atoms with Gasteiger partial charge in [-0.3, -0.25) is 0 Å². The lowest BCUT2D eigenvalue weighted by Gasteiger charge is -2.07. The number of fused-ring (bicyclic) bond motifs is 12. The van der Waals surface area contributed by atoms with Gasteiger partial charge in [-0.25, -0.2) is 0 Å². The molecule has 1 heteroatoms. The summed E-state index contributed by atoms with van der Waals surface area (Å²) < 4.78 is 6.50. The van der Waals surface area contributed by atoms with Crippen molar-refractivity contribution < 1.29 is 4.42 Å². The van der Waals surface area contributed by atoms with Crippen LogP contribution < -0.4 is 0 Å². The maximum Gasteiger partial charge on any atom is 0.143 e. The molecule has 1 aromatic heterocycles. The Morgan fingerprint density at radius 2 is 1.21 bits per heavy atom. The predicted molar refractivity (Wildman–Crippen MR) is 117 cm³/mol. The summed E-state index contributed by atoms with van der Waals surface area (Å²) in [5.41, 5.74) is 7.51. The van der Waals surface area contributed by atoms with Gasteiger partial charge in [0.1, 0.15) is 11.2 Å². The molecule has 0 N–H and O–H groups in total. The van der Waals surface area contributed by atoms with E-state index >= 15 is 0 Å². The smallest absolute Gasteiger partial charge is 0.143 e. The van der Waals surface area contributed by atoms with Crippen molar-refractivity contribution in [2.24, 2.45) is 0 Å². The van der Waals surface area contributed by atoms with E-state index in [1.807, 2.05) is 0 Å². The van der Waals surface area contributed by atoms with Crippen molar-refractivity contribution in [1.29, 1.82) is 0 Å². The minimum absolute atomic E-state index is 0.971. The Labute approximate surface area is 161 Å². The predicted octanol–water partition coefficient (Wildman–Crippen LogP) is 7.46. The summed E-state index contributed by atoms with van der Waals surface area (Å²) in [5, 5.41) is 7.56. The Kier molecular flexibility index (Phi) is 2.60. The molecule has 0 bridgehead atoms. The van der Waals surface area contributed by atoms with Crippen LogP contribution in [0.5, 0.6) is 0 Å². The van der Waals surface area contributed by atoms with Crippen molar-refractivity contribution in [2.75, 3.05) is 0 Å². The van der Waals surface area contributed by atoms with Gasteiger partial charge in [0.15, 0.2) is 0 Å². The molecule has 0 spiro atoms. The lowest BCUT2D eigenvalue weighted by Crippen LogP contribution is -1.84. The highest BCUT2D eigenvalue weighted by molar-refractivity contribution is 6.31. The third-order valence-electron chi connectivity index (χ3n) is 6.30. The Balaban J connectivity index is 1.76. The number of hydrogen-bond donors (Lipinski definition) is 0. The summed E-state index contributed by atoms with van der Waals surface area (Å²) in [6.45, 7) is 0. The summed E-state index contributed by atoms with van der Waals surface area (Å²) >= 11 is 0. The van der Waals surface area contributed by atoms with Crippen molar-refractivity contribution in [3.05, 3.63) is 96.1 Å². The van der Waals surface area contributed by atoms with Crippen LogP contribution in [0.2, 0.25) is 0 Å². The first-order valence-electron chi connectivity index (χ1n) is 9.76. The first-order chi connectivity index (χ1) is 13.9. The van der Waals surface area contributed by atoms with Crippen LogP contribution in [0.1, 0.15) is 11.1 Å². The van der Waals surface area contributed by atoms with Gasteiger partial charge in [-0.2, -0.15) is 0 Å². The van der Waals surface area contributed by atoms with Crippen LogP contribution >= 0.6 is 0 Å². The normalized spacial score (nSPS) is 12.9. The van der Waals surface area contributed by atoms with E-state index in [2.05, 4.69) is 84.9 Å². The van der Waals surface area contributed by atoms with E-state index < -0.39 is 0 Å². The standard InChI is InChI=1S/C27H16O/c1-2-8-17-16(7-1)15-23-20(17)13-14-24-25(23)26-21-11-5-3-9-18(21)19-10-4-6-12-22(19)27(26)28-24/h1-14H,15H2. The van der Waals surface area contributed by atoms with Crippen LogP contribution in [0.4, 0.5) is 0 Å². The first-order valence-corrected chi connectivity index (χ1v) is 9.76. The average Bonchev–Trinajstić information content (AvgIpc) is 3.32. The van der Waals surface area contributed by atoms with Crippen LogP contribution in [0.25, 0.3) is 54.6 Å². The molecule has 0 fully saturated rings. The number of benzene rings is 5. The zero-order chi connectivity index (χ0) is 18.2. The highest BCUT2D eigenvalue weighted by Crippen LogP contribution is 2.47. The summed E-state index contributed by atoms with van der Waals surface area (Å²) in [7, 11) is 0. The maximum absolute atomic E-state index is 6.50. The van der Waals surface area contributed by atoms with Gasteiger partial charge in [-0.15, -0.1) is 0 Å². The molecule has 0 unspecified atom stereocenters. The van der Waals surface area contributed by atoms with Gasteiger partial charge >= 0.3 is 0 Å². The zero-order valence-electron chi connectivity index (χ0n) is 15.2. The molecule has 6 aromatic rings. The minimum Gasteiger partial charge on any atom is -0.455 e. The van der Waals surface area contributed by atoms with Gasteiger partial charge in [-0.05, 0) is 50.9 Å². The monoisotopic (exact) mass is 356 g/mol. The molecule has 5 aromatic carbocycles. The molecule has 0 saturated heterocycles. The van der Waals surface area contributed by atoms with Crippen molar-refractivity contribution in [1.82, 2.24) is 0 Å². The molecule has 0 atom stereocenters. The Morgan fingerprint density at radius 1 is 0.536 bits per heavy atom. The fraction of sp³-hybridized carbons (Fsp3) is 0.0370. The minimum atomic E-state index is 0.971. The van der Waals surface area contributed by atoms with Crippen LogP contribution in [-0.2, 0) is 6.42 Å². The third-order valence-corrected chi connectivity index (χ3v) is 6.30. The molecule has 0 saturated carbocycles. The van der Waals surface area contributed by atoms with Gasteiger partial charge in [0, 0.05) is 16.2 Å². The van der Waals surface area contributed by atoms with Crippen molar-refractivity contribution >= 4 is 43.5 Å². The SMILES string of the molecule is c1ccc2c(c1)Cc1c-2ccc2oc3c4ccccc4c4ccccc4c3c12. The van der Waals surface area contributed by atoms with Gasteiger partial charge in [0.2, 0.25) is 0 Å². The maximum atomic E-state index is 6.50. The second kappa shape index (κ2) is 5.02. The van der Waals surface area contributed by atoms with E-state index in [-0.39, 0.29) is 0 Å². The second-order valence-electron chi connectivity index (χ2n) is 7.70. The number of rotatable bonds is 0. The average molecular weight is 356 g/mol. The molecule has 1 aliphatic carbocycles. The largest absolute Gasteiger partial charge is 0.455 e. The highest BCUT2D eigenvalue weighted by Gasteiger charge is 2.24. The molecule has 1 nitrogen and oxygen atoms in total.